The molecule has 2 N–H and O–H groups in total. The molecule has 0 aliphatic heterocycles. The highest BCUT2D eigenvalue weighted by atomic mass is 16.1. The maximum atomic E-state index is 11.4. The number of nitrogens with zero attached hydrogens (tertiary/aromatic N) is 3. The molecule has 0 saturated heterocycles. The van der Waals surface area contributed by atoms with Gasteiger partial charge >= 0.3 is 0 Å². The Labute approximate surface area is 109 Å². The lowest BCUT2D eigenvalue weighted by molar-refractivity contribution is 0.101. The van der Waals surface area contributed by atoms with E-state index in [4.69, 9.17) is 5.73 Å². The lowest BCUT2D eigenvalue weighted by Gasteiger charge is -2.05. The number of hydrogen-bond donors (Lipinski definition) is 1. The van der Waals surface area contributed by atoms with Gasteiger partial charge in [0.1, 0.15) is 5.82 Å². The van der Waals surface area contributed by atoms with Gasteiger partial charge in [0.15, 0.2) is 5.78 Å². The van der Waals surface area contributed by atoms with Crippen LogP contribution in [0.2, 0.25) is 0 Å². The summed E-state index contributed by atoms with van der Waals surface area (Å²) in [6, 6.07) is 9.32. The van der Waals surface area contributed by atoms with Crippen LogP contribution in [0.5, 0.6) is 0 Å². The van der Waals surface area contributed by atoms with Crippen LogP contribution >= 0.6 is 0 Å². The Morgan fingerprint density at radius 1 is 1.26 bits per heavy atom. The van der Waals surface area contributed by atoms with Crippen LogP contribution in [0.3, 0.4) is 0 Å². The number of benzene rings is 1. The third kappa shape index (κ3) is 1.95. The van der Waals surface area contributed by atoms with Crippen molar-refractivity contribution < 1.29 is 4.79 Å². The van der Waals surface area contributed by atoms with Gasteiger partial charge in [0.05, 0.1) is 5.52 Å². The van der Waals surface area contributed by atoms with Gasteiger partial charge in [-0.05, 0) is 37.3 Å². The first-order valence-electron chi connectivity index (χ1n) is 5.86. The topological polar surface area (TPSA) is 73.8 Å². The second-order valence-corrected chi connectivity index (χ2v) is 4.29. The molecular weight excluding hydrogens is 240 g/mol. The molecule has 5 nitrogen and oxygen atoms in total. The number of nitrogens with two attached hydrogens (primary N) is 1. The van der Waals surface area contributed by atoms with Crippen LogP contribution < -0.4 is 5.73 Å². The zero-order chi connectivity index (χ0) is 13.4. The minimum Gasteiger partial charge on any atom is -0.368 e. The number of Topliss-reactive ketones (excluding diaryl/α,β-unsaturated/α-hetero) is 1. The number of carbonyl (C=O) groups excluding carboxylic acids is 1. The molecule has 0 atom stereocenters. The fourth-order valence-electron chi connectivity index (χ4n) is 2.06. The van der Waals surface area contributed by atoms with Crippen LogP contribution in [-0.2, 0) is 0 Å². The predicted molar refractivity (Wildman–Crippen MR) is 73.3 cm³/mol. The largest absolute Gasteiger partial charge is 0.368 e. The van der Waals surface area contributed by atoms with Crippen LogP contribution in [0, 0.1) is 0 Å². The van der Waals surface area contributed by atoms with E-state index in [1.54, 1.807) is 19.2 Å². The number of fused-ring (bicyclic) bond motifs is 1. The zero-order valence-electron chi connectivity index (χ0n) is 10.4. The van der Waals surface area contributed by atoms with Crippen LogP contribution in [0.4, 0.5) is 5.95 Å². The standard InChI is InChI=1S/C14H12N4O/c1-9(19)10-2-3-12-11(8-10)5-7-18(12)13-4-6-16-14(15)17-13/h2-8H,1H3,(H2,15,16,17). The van der Waals surface area contributed by atoms with Gasteiger partial charge in [-0.15, -0.1) is 0 Å². The highest BCUT2D eigenvalue weighted by molar-refractivity contribution is 5.98. The number of rotatable bonds is 2. The average Bonchev–Trinajstić information content (AvgIpc) is 2.81. The summed E-state index contributed by atoms with van der Waals surface area (Å²) in [7, 11) is 0. The molecule has 5 heteroatoms. The van der Waals surface area contributed by atoms with Crippen molar-refractivity contribution in [3.63, 3.8) is 0 Å². The molecule has 0 fully saturated rings. The molecular formula is C14H12N4O. The van der Waals surface area contributed by atoms with Crippen LogP contribution in [0.1, 0.15) is 17.3 Å². The summed E-state index contributed by atoms with van der Waals surface area (Å²) < 4.78 is 1.91. The fourth-order valence-corrected chi connectivity index (χ4v) is 2.06. The molecule has 94 valence electrons. The number of aromatic nitrogens is 3. The van der Waals surface area contributed by atoms with Gasteiger partial charge in [-0.2, -0.15) is 4.98 Å². The van der Waals surface area contributed by atoms with Crippen molar-refractivity contribution in [2.24, 2.45) is 0 Å². The van der Waals surface area contributed by atoms with Crippen molar-refractivity contribution in [3.05, 3.63) is 48.3 Å². The SMILES string of the molecule is CC(=O)c1ccc2c(ccn2-c2ccnc(N)n2)c1. The van der Waals surface area contributed by atoms with E-state index in [1.165, 1.54) is 0 Å². The number of ketones is 1. The zero-order valence-corrected chi connectivity index (χ0v) is 10.4. The molecule has 19 heavy (non-hydrogen) atoms. The number of anilines is 1. The molecule has 3 aromatic rings. The lowest BCUT2D eigenvalue weighted by atomic mass is 10.1. The van der Waals surface area contributed by atoms with E-state index in [1.807, 2.05) is 35.0 Å². The summed E-state index contributed by atoms with van der Waals surface area (Å²) in [5, 5.41) is 0.991. The second-order valence-electron chi connectivity index (χ2n) is 4.29. The van der Waals surface area contributed by atoms with E-state index >= 15 is 0 Å². The summed E-state index contributed by atoms with van der Waals surface area (Å²) >= 11 is 0. The van der Waals surface area contributed by atoms with Gasteiger partial charge < -0.3 is 10.3 Å². The Balaban J connectivity index is 2.18. The molecule has 0 aliphatic rings. The lowest BCUT2D eigenvalue weighted by Crippen LogP contribution is -2.01. The van der Waals surface area contributed by atoms with E-state index in [2.05, 4.69) is 9.97 Å². The summed E-state index contributed by atoms with van der Waals surface area (Å²) in [6.45, 7) is 1.56. The van der Waals surface area contributed by atoms with E-state index in [9.17, 15) is 4.79 Å². The van der Waals surface area contributed by atoms with Crippen molar-refractivity contribution in [1.82, 2.24) is 14.5 Å². The van der Waals surface area contributed by atoms with Crippen molar-refractivity contribution in [3.8, 4) is 5.82 Å². The highest BCUT2D eigenvalue weighted by Gasteiger charge is 2.07. The molecule has 0 saturated carbocycles. The maximum Gasteiger partial charge on any atom is 0.221 e. The van der Waals surface area contributed by atoms with Crippen LogP contribution in [0.15, 0.2) is 42.7 Å². The molecule has 2 aromatic heterocycles. The minimum atomic E-state index is 0.0564. The first-order valence-corrected chi connectivity index (χ1v) is 5.86. The van der Waals surface area contributed by atoms with Gasteiger partial charge in [0.2, 0.25) is 5.95 Å². The number of hydrogen-bond acceptors (Lipinski definition) is 4. The quantitative estimate of drug-likeness (QED) is 0.709. The smallest absolute Gasteiger partial charge is 0.221 e. The molecule has 0 bridgehead atoms. The van der Waals surface area contributed by atoms with Gasteiger partial charge in [-0.3, -0.25) is 4.79 Å². The van der Waals surface area contributed by atoms with Gasteiger partial charge in [0.25, 0.3) is 0 Å². The van der Waals surface area contributed by atoms with Gasteiger partial charge in [-0.1, -0.05) is 0 Å². The average molecular weight is 252 g/mol. The number of nitrogen functional groups attached to an aromatic ring is 1. The molecule has 2 heterocycles. The van der Waals surface area contributed by atoms with Crippen molar-refractivity contribution >= 4 is 22.6 Å². The monoisotopic (exact) mass is 252 g/mol. The van der Waals surface area contributed by atoms with E-state index in [-0.39, 0.29) is 11.7 Å². The normalized spacial score (nSPS) is 10.8. The Bertz CT molecular complexity index is 776. The minimum absolute atomic E-state index is 0.0564. The van der Waals surface area contributed by atoms with Gasteiger partial charge in [-0.25, -0.2) is 4.98 Å². The molecule has 0 unspecified atom stereocenters. The molecule has 1 aromatic carbocycles. The van der Waals surface area contributed by atoms with Crippen LogP contribution in [-0.4, -0.2) is 20.3 Å². The Kier molecular flexibility index (Phi) is 2.52. The van der Waals surface area contributed by atoms with E-state index in [0.717, 1.165) is 10.9 Å². The van der Waals surface area contributed by atoms with Crippen molar-refractivity contribution in [1.29, 1.82) is 0 Å². The summed E-state index contributed by atoms with van der Waals surface area (Å²) in [6.07, 6.45) is 3.52. The molecule has 0 radical (unpaired) electrons. The molecule has 0 aliphatic carbocycles. The summed E-state index contributed by atoms with van der Waals surface area (Å²) in [4.78, 5) is 19.4. The molecule has 0 amide bonds. The van der Waals surface area contributed by atoms with Crippen molar-refractivity contribution in [2.45, 2.75) is 6.92 Å². The summed E-state index contributed by atoms with van der Waals surface area (Å²) in [5.74, 6) is 0.999. The van der Waals surface area contributed by atoms with E-state index < -0.39 is 0 Å². The third-order valence-electron chi connectivity index (χ3n) is 3.00. The van der Waals surface area contributed by atoms with Crippen LogP contribution in [0.25, 0.3) is 16.7 Å². The highest BCUT2D eigenvalue weighted by Crippen LogP contribution is 2.21. The fraction of sp³-hybridized carbons (Fsp3) is 0.0714. The van der Waals surface area contributed by atoms with Gasteiger partial charge in [0, 0.05) is 23.3 Å². The second kappa shape index (κ2) is 4.20. The predicted octanol–water partition coefficient (Wildman–Crippen LogP) is 2.21. The Morgan fingerprint density at radius 2 is 2.11 bits per heavy atom. The van der Waals surface area contributed by atoms with Crippen molar-refractivity contribution in [2.75, 3.05) is 5.73 Å². The molecule has 3 rings (SSSR count). The molecule has 0 spiro atoms. The summed E-state index contributed by atoms with van der Waals surface area (Å²) in [5.41, 5.74) is 7.27. The maximum absolute atomic E-state index is 11.4. The number of carbonyl (C=O) groups is 1. The first kappa shape index (κ1) is 11.4. The first-order chi connectivity index (χ1) is 9.15. The van der Waals surface area contributed by atoms with E-state index in [0.29, 0.717) is 11.4 Å². The Morgan fingerprint density at radius 3 is 2.84 bits per heavy atom. The third-order valence-corrected chi connectivity index (χ3v) is 3.00. The Hall–Kier alpha value is -2.69.